The van der Waals surface area contributed by atoms with Crippen molar-refractivity contribution in [2.24, 2.45) is 5.41 Å². The van der Waals surface area contributed by atoms with Crippen molar-refractivity contribution in [3.05, 3.63) is 29.8 Å². The highest BCUT2D eigenvalue weighted by Gasteiger charge is 2.37. The molecule has 1 heterocycles. The summed E-state index contributed by atoms with van der Waals surface area (Å²) in [5, 5.41) is 12.6. The average Bonchev–Trinajstić information content (AvgIpc) is 2.19. The molecule has 0 saturated carbocycles. The minimum absolute atomic E-state index is 0.0672. The van der Waals surface area contributed by atoms with Gasteiger partial charge >= 0.3 is 0 Å². The lowest BCUT2D eigenvalue weighted by Crippen LogP contribution is -2.50. The lowest BCUT2D eigenvalue weighted by atomic mass is 9.87. The summed E-state index contributed by atoms with van der Waals surface area (Å²) < 4.78 is 5.15. The van der Waals surface area contributed by atoms with E-state index in [1.54, 1.807) is 0 Å². The number of hydrogen-bond acceptors (Lipinski definition) is 3. The van der Waals surface area contributed by atoms with Gasteiger partial charge in [0.1, 0.15) is 0 Å². The van der Waals surface area contributed by atoms with E-state index < -0.39 is 0 Å². The average molecular weight is 207 g/mol. The second kappa shape index (κ2) is 4.21. The molecule has 0 aliphatic carbocycles. The van der Waals surface area contributed by atoms with E-state index in [9.17, 15) is 5.11 Å². The first kappa shape index (κ1) is 10.5. The van der Waals surface area contributed by atoms with Crippen LogP contribution in [0.1, 0.15) is 5.56 Å². The third-order valence-corrected chi connectivity index (χ3v) is 2.95. The maximum atomic E-state index is 9.26. The van der Waals surface area contributed by atoms with Crippen LogP contribution >= 0.6 is 0 Å². The van der Waals surface area contributed by atoms with E-state index in [4.69, 9.17) is 4.74 Å². The molecule has 0 atom stereocenters. The number of aryl methyl sites for hydroxylation is 1. The van der Waals surface area contributed by atoms with E-state index in [-0.39, 0.29) is 12.0 Å². The third-order valence-electron chi connectivity index (χ3n) is 2.95. The van der Waals surface area contributed by atoms with Crippen molar-refractivity contribution in [1.82, 2.24) is 0 Å². The molecular weight excluding hydrogens is 190 g/mol. The van der Waals surface area contributed by atoms with Gasteiger partial charge in [0.25, 0.3) is 0 Å². The molecule has 1 aliphatic heterocycles. The molecule has 0 bridgehead atoms. The molecule has 1 aromatic carbocycles. The summed E-state index contributed by atoms with van der Waals surface area (Å²) in [4.78, 5) is 0. The molecule has 2 N–H and O–H groups in total. The van der Waals surface area contributed by atoms with Crippen molar-refractivity contribution in [3.8, 4) is 0 Å². The predicted octanol–water partition coefficient (Wildman–Crippen LogP) is 1.42. The fraction of sp³-hybridized carbons (Fsp3) is 0.500. The van der Waals surface area contributed by atoms with Crippen LogP contribution < -0.4 is 5.32 Å². The van der Waals surface area contributed by atoms with Gasteiger partial charge in [-0.2, -0.15) is 0 Å². The molecule has 1 aromatic rings. The molecular formula is C12H17NO2. The van der Waals surface area contributed by atoms with Crippen molar-refractivity contribution in [1.29, 1.82) is 0 Å². The van der Waals surface area contributed by atoms with E-state index in [1.807, 2.05) is 12.1 Å². The predicted molar refractivity (Wildman–Crippen MR) is 60.0 cm³/mol. The van der Waals surface area contributed by atoms with Crippen LogP contribution in [0.5, 0.6) is 0 Å². The van der Waals surface area contributed by atoms with E-state index in [0.717, 1.165) is 12.2 Å². The first-order chi connectivity index (χ1) is 7.26. The number of aliphatic hydroxyl groups is 1. The zero-order valence-electron chi connectivity index (χ0n) is 8.99. The molecule has 0 spiro atoms. The second-order valence-electron chi connectivity index (χ2n) is 4.32. The summed E-state index contributed by atoms with van der Waals surface area (Å²) in [5.74, 6) is 0. The fourth-order valence-electron chi connectivity index (χ4n) is 1.69. The number of anilines is 1. The molecule has 15 heavy (non-hydrogen) atoms. The fourth-order valence-corrected chi connectivity index (χ4v) is 1.69. The third kappa shape index (κ3) is 2.13. The zero-order chi connectivity index (χ0) is 10.7. The minimum atomic E-state index is -0.0672. The van der Waals surface area contributed by atoms with Crippen molar-refractivity contribution in [2.45, 2.75) is 6.92 Å². The summed E-state index contributed by atoms with van der Waals surface area (Å²) in [7, 11) is 0. The first-order valence-corrected chi connectivity index (χ1v) is 5.24. The van der Waals surface area contributed by atoms with Gasteiger partial charge in [0.2, 0.25) is 0 Å². The highest BCUT2D eigenvalue weighted by atomic mass is 16.5. The Labute approximate surface area is 90.1 Å². The quantitative estimate of drug-likeness (QED) is 0.784. The van der Waals surface area contributed by atoms with Crippen LogP contribution in [0, 0.1) is 12.3 Å². The van der Waals surface area contributed by atoms with Crippen LogP contribution in [0.2, 0.25) is 0 Å². The number of hydrogen-bond donors (Lipinski definition) is 2. The summed E-state index contributed by atoms with van der Waals surface area (Å²) in [6.07, 6.45) is 0. The Kier molecular flexibility index (Phi) is 2.93. The molecule has 0 aromatic heterocycles. The molecule has 1 saturated heterocycles. The van der Waals surface area contributed by atoms with Gasteiger partial charge in [-0.15, -0.1) is 0 Å². The standard InChI is InChI=1S/C12H17NO2/c1-10-4-2-3-5-11(10)13-6-12(7-14)8-15-9-12/h2-5,13-14H,6-9H2,1H3. The molecule has 3 nitrogen and oxygen atoms in total. The van der Waals surface area contributed by atoms with E-state index >= 15 is 0 Å². The molecule has 0 amide bonds. The van der Waals surface area contributed by atoms with Gasteiger partial charge in [0.15, 0.2) is 0 Å². The van der Waals surface area contributed by atoms with Gasteiger partial charge in [-0.1, -0.05) is 18.2 Å². The second-order valence-corrected chi connectivity index (χ2v) is 4.32. The van der Waals surface area contributed by atoms with Gasteiger partial charge < -0.3 is 15.2 Å². The van der Waals surface area contributed by atoms with Crippen LogP contribution in [0.25, 0.3) is 0 Å². The van der Waals surface area contributed by atoms with Crippen molar-refractivity contribution >= 4 is 5.69 Å². The Bertz CT molecular complexity index is 329. The number of para-hydroxylation sites is 1. The Morgan fingerprint density at radius 3 is 2.67 bits per heavy atom. The number of rotatable bonds is 4. The van der Waals surface area contributed by atoms with Crippen LogP contribution in [-0.2, 0) is 4.74 Å². The van der Waals surface area contributed by atoms with Gasteiger partial charge in [0, 0.05) is 12.2 Å². The van der Waals surface area contributed by atoms with Crippen LogP contribution in [0.3, 0.4) is 0 Å². The molecule has 82 valence electrons. The molecule has 3 heteroatoms. The molecule has 0 unspecified atom stereocenters. The van der Waals surface area contributed by atoms with Crippen LogP contribution in [0.4, 0.5) is 5.69 Å². The van der Waals surface area contributed by atoms with Crippen LogP contribution in [-0.4, -0.2) is 31.5 Å². The zero-order valence-corrected chi connectivity index (χ0v) is 8.99. The number of benzene rings is 1. The number of nitrogens with one attached hydrogen (secondary N) is 1. The SMILES string of the molecule is Cc1ccccc1NCC1(CO)COC1. The van der Waals surface area contributed by atoms with Gasteiger partial charge in [-0.25, -0.2) is 0 Å². The highest BCUT2D eigenvalue weighted by Crippen LogP contribution is 2.27. The maximum Gasteiger partial charge on any atom is 0.0584 e. The maximum absolute atomic E-state index is 9.26. The molecule has 0 radical (unpaired) electrons. The minimum Gasteiger partial charge on any atom is -0.396 e. The number of aliphatic hydroxyl groups excluding tert-OH is 1. The summed E-state index contributed by atoms with van der Waals surface area (Å²) in [6.45, 7) is 4.34. The van der Waals surface area contributed by atoms with Crippen molar-refractivity contribution < 1.29 is 9.84 Å². The summed E-state index contributed by atoms with van der Waals surface area (Å²) in [6, 6.07) is 8.16. The normalized spacial score (nSPS) is 18.3. The molecule has 1 fully saturated rings. The van der Waals surface area contributed by atoms with Crippen molar-refractivity contribution in [3.63, 3.8) is 0 Å². The molecule has 2 rings (SSSR count). The summed E-state index contributed by atoms with van der Waals surface area (Å²) in [5.41, 5.74) is 2.30. The Morgan fingerprint density at radius 1 is 1.40 bits per heavy atom. The smallest absolute Gasteiger partial charge is 0.0584 e. The number of ether oxygens (including phenoxy) is 1. The highest BCUT2D eigenvalue weighted by molar-refractivity contribution is 5.50. The largest absolute Gasteiger partial charge is 0.396 e. The Morgan fingerprint density at radius 2 is 2.13 bits per heavy atom. The lowest BCUT2D eigenvalue weighted by molar-refractivity contribution is -0.128. The van der Waals surface area contributed by atoms with E-state index in [0.29, 0.717) is 13.2 Å². The Balaban J connectivity index is 1.95. The monoisotopic (exact) mass is 207 g/mol. The van der Waals surface area contributed by atoms with E-state index in [1.165, 1.54) is 5.56 Å². The van der Waals surface area contributed by atoms with E-state index in [2.05, 4.69) is 24.4 Å². The van der Waals surface area contributed by atoms with Gasteiger partial charge in [0.05, 0.1) is 25.2 Å². The van der Waals surface area contributed by atoms with Crippen LogP contribution in [0.15, 0.2) is 24.3 Å². The Hall–Kier alpha value is -1.06. The van der Waals surface area contributed by atoms with Gasteiger partial charge in [-0.3, -0.25) is 0 Å². The van der Waals surface area contributed by atoms with Crippen molar-refractivity contribution in [2.75, 3.05) is 31.7 Å². The lowest BCUT2D eigenvalue weighted by Gasteiger charge is -2.40. The molecule has 1 aliphatic rings. The first-order valence-electron chi connectivity index (χ1n) is 5.24. The van der Waals surface area contributed by atoms with Gasteiger partial charge in [-0.05, 0) is 18.6 Å². The summed E-state index contributed by atoms with van der Waals surface area (Å²) >= 11 is 0. The topological polar surface area (TPSA) is 41.5 Å².